The number of thiocarbonyl (C=S) groups is 1. The molecule has 3 rings (SSSR count). The number of hydrogen-bond donors (Lipinski definition) is 1. The van der Waals surface area contributed by atoms with Crippen LogP contribution in [0.2, 0.25) is 0 Å². The minimum atomic E-state index is -0.305. The molecule has 7 heteroatoms. The van der Waals surface area contributed by atoms with E-state index in [1.807, 2.05) is 19.9 Å². The number of carbonyl (C=O) groups excluding carboxylic acids is 1. The Labute approximate surface area is 168 Å². The van der Waals surface area contributed by atoms with E-state index in [4.69, 9.17) is 21.7 Å². The zero-order valence-electron chi connectivity index (χ0n) is 15.7. The molecule has 1 aliphatic rings. The SMILES string of the molecule is CCOc1cc(C=C2NC(=S)N(CC)C2=O)ccc1OCc1cccc(F)c1. The van der Waals surface area contributed by atoms with Crippen LogP contribution in [0.5, 0.6) is 11.5 Å². The molecular formula is C21H21FN2O3S. The van der Waals surface area contributed by atoms with Crippen molar-refractivity contribution in [1.29, 1.82) is 0 Å². The van der Waals surface area contributed by atoms with Crippen molar-refractivity contribution in [2.75, 3.05) is 13.2 Å². The molecule has 146 valence electrons. The number of likely N-dealkylation sites (N-methyl/N-ethyl adjacent to an activating group) is 1. The van der Waals surface area contributed by atoms with Gasteiger partial charge in [0.05, 0.1) is 6.61 Å². The van der Waals surface area contributed by atoms with Crippen molar-refractivity contribution in [2.45, 2.75) is 20.5 Å². The largest absolute Gasteiger partial charge is 0.490 e. The van der Waals surface area contributed by atoms with Gasteiger partial charge in [0.25, 0.3) is 5.91 Å². The van der Waals surface area contributed by atoms with E-state index in [1.54, 1.807) is 30.3 Å². The highest BCUT2D eigenvalue weighted by atomic mass is 32.1. The second kappa shape index (κ2) is 8.84. The van der Waals surface area contributed by atoms with Gasteiger partial charge in [0.2, 0.25) is 0 Å². The second-order valence-corrected chi connectivity index (χ2v) is 6.48. The summed E-state index contributed by atoms with van der Waals surface area (Å²) in [6, 6.07) is 11.6. The molecule has 5 nitrogen and oxygen atoms in total. The number of hydrogen-bond acceptors (Lipinski definition) is 4. The van der Waals surface area contributed by atoms with Crippen molar-refractivity contribution in [3.05, 3.63) is 65.1 Å². The van der Waals surface area contributed by atoms with Crippen molar-refractivity contribution in [2.24, 2.45) is 0 Å². The third-order valence-electron chi connectivity index (χ3n) is 4.14. The predicted octanol–water partition coefficient (Wildman–Crippen LogP) is 3.88. The fraction of sp³-hybridized carbons (Fsp3) is 0.238. The van der Waals surface area contributed by atoms with Crippen molar-refractivity contribution in [3.63, 3.8) is 0 Å². The van der Waals surface area contributed by atoms with E-state index < -0.39 is 0 Å². The molecule has 0 unspecified atom stereocenters. The van der Waals surface area contributed by atoms with Crippen LogP contribution in [0.4, 0.5) is 4.39 Å². The van der Waals surface area contributed by atoms with Gasteiger partial charge >= 0.3 is 0 Å². The first-order chi connectivity index (χ1) is 13.5. The predicted molar refractivity (Wildman–Crippen MR) is 109 cm³/mol. The number of carbonyl (C=O) groups is 1. The van der Waals surface area contributed by atoms with Crippen LogP contribution in [0.3, 0.4) is 0 Å². The van der Waals surface area contributed by atoms with E-state index in [0.29, 0.717) is 35.5 Å². The second-order valence-electron chi connectivity index (χ2n) is 6.10. The highest BCUT2D eigenvalue weighted by Crippen LogP contribution is 2.30. The van der Waals surface area contributed by atoms with E-state index in [-0.39, 0.29) is 18.3 Å². The number of benzene rings is 2. The Morgan fingerprint density at radius 2 is 1.96 bits per heavy atom. The topological polar surface area (TPSA) is 50.8 Å². The van der Waals surface area contributed by atoms with Crippen LogP contribution >= 0.6 is 12.2 Å². The van der Waals surface area contributed by atoms with Gasteiger partial charge < -0.3 is 14.8 Å². The maximum atomic E-state index is 13.3. The van der Waals surface area contributed by atoms with Crippen molar-refractivity contribution >= 4 is 29.3 Å². The number of nitrogens with one attached hydrogen (secondary N) is 1. The summed E-state index contributed by atoms with van der Waals surface area (Å²) in [4.78, 5) is 13.8. The minimum absolute atomic E-state index is 0.156. The average Bonchev–Trinajstić information content (AvgIpc) is 2.94. The molecule has 0 radical (unpaired) electrons. The summed E-state index contributed by atoms with van der Waals surface area (Å²) in [7, 11) is 0. The first-order valence-corrected chi connectivity index (χ1v) is 9.41. The molecule has 2 aromatic carbocycles. The standard InChI is InChI=1S/C21H21FN2O3S/c1-3-24-20(25)17(23-21(24)28)11-14-8-9-18(19(12-14)26-4-2)27-13-15-6-5-7-16(22)10-15/h5-12H,3-4,13H2,1-2H3,(H,23,28). The normalized spacial score (nSPS) is 15.1. The Bertz CT molecular complexity index is 930. The van der Waals surface area contributed by atoms with Crippen LogP contribution in [0.1, 0.15) is 25.0 Å². The van der Waals surface area contributed by atoms with E-state index in [9.17, 15) is 9.18 Å². The summed E-state index contributed by atoms with van der Waals surface area (Å²) in [5, 5.41) is 3.33. The summed E-state index contributed by atoms with van der Waals surface area (Å²) >= 11 is 5.17. The highest BCUT2D eigenvalue weighted by molar-refractivity contribution is 7.80. The van der Waals surface area contributed by atoms with Crippen LogP contribution in [0.15, 0.2) is 48.2 Å². The maximum absolute atomic E-state index is 13.3. The maximum Gasteiger partial charge on any atom is 0.276 e. The van der Waals surface area contributed by atoms with Crippen molar-refractivity contribution in [1.82, 2.24) is 10.2 Å². The Hall–Kier alpha value is -2.93. The number of rotatable bonds is 7. The average molecular weight is 400 g/mol. The molecule has 0 bridgehead atoms. The molecule has 0 aromatic heterocycles. The summed E-state index contributed by atoms with van der Waals surface area (Å²) < 4.78 is 24.8. The first kappa shape index (κ1) is 19.8. The van der Waals surface area contributed by atoms with Gasteiger partial charge in [-0.2, -0.15) is 0 Å². The molecule has 2 aromatic rings. The van der Waals surface area contributed by atoms with E-state index in [1.165, 1.54) is 17.0 Å². The minimum Gasteiger partial charge on any atom is -0.490 e. The number of nitrogens with zero attached hydrogens (tertiary/aromatic N) is 1. The Morgan fingerprint density at radius 1 is 1.14 bits per heavy atom. The van der Waals surface area contributed by atoms with Crippen molar-refractivity contribution < 1.29 is 18.7 Å². The zero-order valence-corrected chi connectivity index (χ0v) is 16.5. The molecule has 0 aliphatic carbocycles. The summed E-state index contributed by atoms with van der Waals surface area (Å²) in [6.07, 6.45) is 1.73. The molecule has 1 saturated heterocycles. The monoisotopic (exact) mass is 400 g/mol. The quantitative estimate of drug-likeness (QED) is 0.565. The highest BCUT2D eigenvalue weighted by Gasteiger charge is 2.29. The molecule has 1 N–H and O–H groups in total. The van der Waals surface area contributed by atoms with Crippen LogP contribution in [-0.4, -0.2) is 29.1 Å². The Morgan fingerprint density at radius 3 is 2.64 bits per heavy atom. The third kappa shape index (κ3) is 4.48. The van der Waals surface area contributed by atoms with Gasteiger partial charge in [-0.15, -0.1) is 0 Å². The van der Waals surface area contributed by atoms with Crippen LogP contribution in [0.25, 0.3) is 6.08 Å². The van der Waals surface area contributed by atoms with E-state index in [2.05, 4.69) is 5.32 Å². The van der Waals surface area contributed by atoms with Gasteiger partial charge in [0.1, 0.15) is 18.1 Å². The summed E-state index contributed by atoms with van der Waals surface area (Å²) in [5.41, 5.74) is 1.92. The lowest BCUT2D eigenvalue weighted by atomic mass is 10.1. The van der Waals surface area contributed by atoms with Crippen LogP contribution in [0, 0.1) is 5.82 Å². The number of halogens is 1. The van der Waals surface area contributed by atoms with Gasteiger partial charge in [-0.05, 0) is 67.5 Å². The fourth-order valence-corrected chi connectivity index (χ4v) is 3.14. The van der Waals surface area contributed by atoms with Gasteiger partial charge in [-0.25, -0.2) is 4.39 Å². The molecule has 1 heterocycles. The number of amides is 1. The van der Waals surface area contributed by atoms with Crippen molar-refractivity contribution in [3.8, 4) is 11.5 Å². The van der Waals surface area contributed by atoms with E-state index >= 15 is 0 Å². The van der Waals surface area contributed by atoms with Gasteiger partial charge in [0.15, 0.2) is 16.6 Å². The molecule has 0 atom stereocenters. The van der Waals surface area contributed by atoms with Gasteiger partial charge in [0, 0.05) is 6.54 Å². The third-order valence-corrected chi connectivity index (χ3v) is 4.46. The Kier molecular flexibility index (Phi) is 6.26. The molecule has 1 amide bonds. The van der Waals surface area contributed by atoms with Crippen LogP contribution < -0.4 is 14.8 Å². The molecule has 28 heavy (non-hydrogen) atoms. The molecular weight excluding hydrogens is 379 g/mol. The Balaban J connectivity index is 1.80. The summed E-state index contributed by atoms with van der Waals surface area (Å²) in [6.45, 7) is 4.94. The van der Waals surface area contributed by atoms with Gasteiger partial charge in [-0.1, -0.05) is 18.2 Å². The lowest BCUT2D eigenvalue weighted by molar-refractivity contribution is -0.122. The molecule has 0 spiro atoms. The lowest BCUT2D eigenvalue weighted by Gasteiger charge is -2.13. The van der Waals surface area contributed by atoms with Crippen LogP contribution in [-0.2, 0) is 11.4 Å². The first-order valence-electron chi connectivity index (χ1n) is 9.00. The summed E-state index contributed by atoms with van der Waals surface area (Å²) in [5.74, 6) is 0.635. The molecule has 1 aliphatic heterocycles. The fourth-order valence-electron chi connectivity index (χ4n) is 2.82. The zero-order chi connectivity index (χ0) is 20.1. The molecule has 1 fully saturated rings. The number of ether oxygens (including phenoxy) is 2. The smallest absolute Gasteiger partial charge is 0.276 e. The molecule has 0 saturated carbocycles. The lowest BCUT2D eigenvalue weighted by Crippen LogP contribution is -2.30. The van der Waals surface area contributed by atoms with Gasteiger partial charge in [-0.3, -0.25) is 9.69 Å². The van der Waals surface area contributed by atoms with E-state index in [0.717, 1.165) is 11.1 Å².